The van der Waals surface area contributed by atoms with Crippen molar-refractivity contribution in [1.82, 2.24) is 14.7 Å². The van der Waals surface area contributed by atoms with E-state index < -0.39 is 0 Å². The first-order valence-corrected chi connectivity index (χ1v) is 9.96. The summed E-state index contributed by atoms with van der Waals surface area (Å²) in [5, 5.41) is 0. The van der Waals surface area contributed by atoms with Gasteiger partial charge in [0.2, 0.25) is 5.91 Å². The summed E-state index contributed by atoms with van der Waals surface area (Å²) >= 11 is 0. The maximum Gasteiger partial charge on any atom is 0.319 e. The summed E-state index contributed by atoms with van der Waals surface area (Å²) in [4.78, 5) is 31.3. The number of likely N-dealkylation sites (tertiary alicyclic amines) is 1. The lowest BCUT2D eigenvalue weighted by atomic mass is 9.90. The molecule has 1 heterocycles. The predicted molar refractivity (Wildman–Crippen MR) is 96.9 cm³/mol. The van der Waals surface area contributed by atoms with Crippen molar-refractivity contribution in [2.45, 2.75) is 71.8 Å². The summed E-state index contributed by atoms with van der Waals surface area (Å²) in [6, 6.07) is 0.581. The number of nitrogens with zero attached hydrogens (tertiary/aromatic N) is 3. The summed E-state index contributed by atoms with van der Waals surface area (Å²) in [6.45, 7) is 9.89. The second kappa shape index (κ2) is 9.28. The Labute approximate surface area is 147 Å². The molecule has 138 valence electrons. The van der Waals surface area contributed by atoms with Gasteiger partial charge in [-0.15, -0.1) is 0 Å². The summed E-state index contributed by atoms with van der Waals surface area (Å²) in [7, 11) is 0. The summed E-state index contributed by atoms with van der Waals surface area (Å²) in [5.41, 5.74) is 0. The van der Waals surface area contributed by atoms with Crippen molar-refractivity contribution in [2.75, 3.05) is 32.7 Å². The molecule has 2 fully saturated rings. The predicted octanol–water partition coefficient (Wildman–Crippen LogP) is 3.34. The molecule has 0 aromatic carbocycles. The first kappa shape index (κ1) is 19.1. The van der Waals surface area contributed by atoms with Crippen molar-refractivity contribution in [1.29, 1.82) is 0 Å². The van der Waals surface area contributed by atoms with Gasteiger partial charge in [-0.3, -0.25) is 4.79 Å². The van der Waals surface area contributed by atoms with Crippen molar-refractivity contribution < 1.29 is 9.59 Å². The molecule has 0 aromatic rings. The average Bonchev–Trinajstić information content (AvgIpc) is 2.64. The lowest BCUT2D eigenvalue weighted by Gasteiger charge is -2.39. The summed E-state index contributed by atoms with van der Waals surface area (Å²) < 4.78 is 0. The smallest absolute Gasteiger partial charge is 0.319 e. The Hall–Kier alpha value is -1.26. The summed E-state index contributed by atoms with van der Waals surface area (Å²) in [6.07, 6.45) is 7.78. The fourth-order valence-electron chi connectivity index (χ4n) is 4.23. The van der Waals surface area contributed by atoms with Crippen LogP contribution in [0.4, 0.5) is 4.79 Å². The van der Waals surface area contributed by atoms with E-state index >= 15 is 0 Å². The molecule has 0 radical (unpaired) electrons. The van der Waals surface area contributed by atoms with Crippen molar-refractivity contribution in [3.8, 4) is 0 Å². The monoisotopic (exact) mass is 337 g/mol. The highest BCUT2D eigenvalue weighted by Gasteiger charge is 2.33. The van der Waals surface area contributed by atoms with E-state index in [0.29, 0.717) is 25.0 Å². The standard InChI is InChI=1S/C19H35N3O2/c1-4-20(5-2)19(24)21-14-12-16(13-15-21)18(23)22(6-3)17-10-8-7-9-11-17/h16-17H,4-15H2,1-3H3. The topological polar surface area (TPSA) is 43.9 Å². The van der Waals surface area contributed by atoms with Gasteiger partial charge in [0.1, 0.15) is 0 Å². The molecule has 0 unspecified atom stereocenters. The quantitative estimate of drug-likeness (QED) is 0.772. The zero-order chi connectivity index (χ0) is 17.5. The number of hydrogen-bond acceptors (Lipinski definition) is 2. The van der Waals surface area contributed by atoms with E-state index in [2.05, 4.69) is 11.8 Å². The Morgan fingerprint density at radius 1 is 0.875 bits per heavy atom. The van der Waals surface area contributed by atoms with Gasteiger partial charge >= 0.3 is 6.03 Å². The molecule has 2 aliphatic rings. The molecule has 2 rings (SSSR count). The maximum absolute atomic E-state index is 13.0. The molecular weight excluding hydrogens is 302 g/mol. The van der Waals surface area contributed by atoms with Crippen LogP contribution >= 0.6 is 0 Å². The fraction of sp³-hybridized carbons (Fsp3) is 0.895. The van der Waals surface area contributed by atoms with Crippen LogP contribution in [0, 0.1) is 5.92 Å². The van der Waals surface area contributed by atoms with E-state index in [9.17, 15) is 9.59 Å². The Bertz CT molecular complexity index is 409. The minimum absolute atomic E-state index is 0.104. The van der Waals surface area contributed by atoms with Gasteiger partial charge in [0, 0.05) is 44.7 Å². The maximum atomic E-state index is 13.0. The van der Waals surface area contributed by atoms with Crippen molar-refractivity contribution in [2.24, 2.45) is 5.92 Å². The Morgan fingerprint density at radius 3 is 1.96 bits per heavy atom. The van der Waals surface area contributed by atoms with Crippen LogP contribution in [0.25, 0.3) is 0 Å². The van der Waals surface area contributed by atoms with E-state index in [-0.39, 0.29) is 11.9 Å². The minimum atomic E-state index is 0.104. The van der Waals surface area contributed by atoms with Crippen LogP contribution in [0.1, 0.15) is 65.7 Å². The lowest BCUT2D eigenvalue weighted by Crippen LogP contribution is -2.50. The molecule has 3 amide bonds. The first-order valence-electron chi connectivity index (χ1n) is 9.96. The molecule has 0 aromatic heterocycles. The van der Waals surface area contributed by atoms with E-state index in [1.165, 1.54) is 32.1 Å². The van der Waals surface area contributed by atoms with Gasteiger partial charge < -0.3 is 14.7 Å². The first-order chi connectivity index (χ1) is 11.6. The Kier molecular flexibility index (Phi) is 7.38. The van der Waals surface area contributed by atoms with Gasteiger partial charge in [-0.05, 0) is 46.5 Å². The average molecular weight is 338 g/mol. The van der Waals surface area contributed by atoms with E-state index in [4.69, 9.17) is 0 Å². The van der Waals surface area contributed by atoms with Crippen LogP contribution < -0.4 is 0 Å². The molecule has 1 aliphatic carbocycles. The van der Waals surface area contributed by atoms with Crippen LogP contribution in [0.3, 0.4) is 0 Å². The molecule has 1 saturated heterocycles. The number of carbonyl (C=O) groups is 2. The van der Waals surface area contributed by atoms with Crippen molar-refractivity contribution >= 4 is 11.9 Å². The molecule has 0 bridgehead atoms. The highest BCUT2D eigenvalue weighted by atomic mass is 16.2. The third-order valence-corrected chi connectivity index (χ3v) is 5.79. The number of rotatable bonds is 5. The van der Waals surface area contributed by atoms with Crippen LogP contribution in [-0.4, -0.2) is 65.4 Å². The Morgan fingerprint density at radius 2 is 1.46 bits per heavy atom. The third-order valence-electron chi connectivity index (χ3n) is 5.79. The molecule has 0 atom stereocenters. The van der Waals surface area contributed by atoms with Gasteiger partial charge in [0.25, 0.3) is 0 Å². The normalized spacial score (nSPS) is 20.0. The lowest BCUT2D eigenvalue weighted by molar-refractivity contribution is -0.139. The van der Waals surface area contributed by atoms with Crippen molar-refractivity contribution in [3.05, 3.63) is 0 Å². The molecule has 5 heteroatoms. The van der Waals surface area contributed by atoms with Crippen LogP contribution in [0.2, 0.25) is 0 Å². The van der Waals surface area contributed by atoms with E-state index in [1.54, 1.807) is 0 Å². The van der Waals surface area contributed by atoms with E-state index in [1.807, 2.05) is 23.6 Å². The largest absolute Gasteiger partial charge is 0.340 e. The molecular formula is C19H35N3O2. The number of amides is 3. The zero-order valence-corrected chi connectivity index (χ0v) is 15.8. The molecule has 24 heavy (non-hydrogen) atoms. The van der Waals surface area contributed by atoms with Crippen LogP contribution in [0.15, 0.2) is 0 Å². The van der Waals surface area contributed by atoms with Crippen LogP contribution in [-0.2, 0) is 4.79 Å². The second-order valence-electron chi connectivity index (χ2n) is 7.13. The molecule has 5 nitrogen and oxygen atoms in total. The number of hydrogen-bond donors (Lipinski definition) is 0. The second-order valence-corrected chi connectivity index (χ2v) is 7.13. The van der Waals surface area contributed by atoms with Crippen molar-refractivity contribution in [3.63, 3.8) is 0 Å². The number of urea groups is 1. The van der Waals surface area contributed by atoms with E-state index in [0.717, 1.165) is 32.5 Å². The van der Waals surface area contributed by atoms with Gasteiger partial charge in [-0.2, -0.15) is 0 Å². The summed E-state index contributed by atoms with van der Waals surface area (Å²) in [5.74, 6) is 0.437. The highest BCUT2D eigenvalue weighted by Crippen LogP contribution is 2.27. The van der Waals surface area contributed by atoms with Gasteiger partial charge in [0.15, 0.2) is 0 Å². The van der Waals surface area contributed by atoms with Crippen LogP contribution in [0.5, 0.6) is 0 Å². The SMILES string of the molecule is CCN(CC)C(=O)N1CCC(C(=O)N(CC)C2CCCCC2)CC1. The highest BCUT2D eigenvalue weighted by molar-refractivity contribution is 5.80. The third kappa shape index (κ3) is 4.42. The molecule has 0 N–H and O–H groups in total. The van der Waals surface area contributed by atoms with Gasteiger partial charge in [-0.25, -0.2) is 4.79 Å². The minimum Gasteiger partial charge on any atom is -0.340 e. The number of carbonyl (C=O) groups excluding carboxylic acids is 2. The molecule has 1 aliphatic heterocycles. The number of piperidine rings is 1. The van der Waals surface area contributed by atoms with Gasteiger partial charge in [0.05, 0.1) is 0 Å². The fourth-order valence-corrected chi connectivity index (χ4v) is 4.23. The van der Waals surface area contributed by atoms with Gasteiger partial charge in [-0.1, -0.05) is 19.3 Å². The Balaban J connectivity index is 1.88. The zero-order valence-electron chi connectivity index (χ0n) is 15.8. The molecule has 0 spiro atoms. The molecule has 1 saturated carbocycles.